The summed E-state index contributed by atoms with van der Waals surface area (Å²) < 4.78 is 12.1. The summed E-state index contributed by atoms with van der Waals surface area (Å²) in [6.45, 7) is 4.68. The van der Waals surface area contributed by atoms with Crippen LogP contribution in [0.2, 0.25) is 0 Å². The number of aryl methyl sites for hydroxylation is 1. The number of hydrogen-bond donors (Lipinski definition) is 0. The predicted octanol–water partition coefficient (Wildman–Crippen LogP) is 2.95. The second-order valence-corrected chi connectivity index (χ2v) is 6.34. The third kappa shape index (κ3) is 4.32. The molecule has 0 fully saturated rings. The molecule has 1 aliphatic heterocycles. The largest absolute Gasteiger partial charge is 0.495 e. The van der Waals surface area contributed by atoms with Crippen LogP contribution in [0.3, 0.4) is 0 Å². The summed E-state index contributed by atoms with van der Waals surface area (Å²) >= 11 is 0. The molecule has 8 heteroatoms. The summed E-state index contributed by atoms with van der Waals surface area (Å²) in [4.78, 5) is 30.1. The van der Waals surface area contributed by atoms with E-state index in [1.54, 1.807) is 37.4 Å². The van der Waals surface area contributed by atoms with E-state index in [4.69, 9.17) is 9.47 Å². The van der Waals surface area contributed by atoms with Crippen LogP contribution in [0, 0.1) is 0 Å². The molecule has 1 aromatic carbocycles. The van der Waals surface area contributed by atoms with Gasteiger partial charge in [-0.15, -0.1) is 0 Å². The number of ether oxygens (including phenoxy) is 2. The van der Waals surface area contributed by atoms with Gasteiger partial charge in [-0.25, -0.2) is 4.68 Å². The lowest BCUT2D eigenvalue weighted by atomic mass is 10.1. The Kier molecular flexibility index (Phi) is 6.46. The zero-order chi connectivity index (χ0) is 21.7. The number of pyridine rings is 1. The highest BCUT2D eigenvalue weighted by Gasteiger charge is 2.30. The molecule has 0 saturated heterocycles. The summed E-state index contributed by atoms with van der Waals surface area (Å²) in [5.74, 6) is 1.53. The van der Waals surface area contributed by atoms with Crippen LogP contribution >= 0.6 is 0 Å². The van der Waals surface area contributed by atoms with Crippen molar-refractivity contribution < 1.29 is 14.3 Å². The number of anilines is 1. The Labute approximate surface area is 174 Å². The molecule has 0 radical (unpaired) electrons. The minimum atomic E-state index is -0.226. The Morgan fingerprint density at radius 1 is 1.03 bits per heavy atom. The average molecular weight is 408 g/mol. The Hall–Kier alpha value is -3.68. The maximum Gasteiger partial charge on any atom is 0.266 e. The van der Waals surface area contributed by atoms with Gasteiger partial charge in [-0.1, -0.05) is 19.9 Å². The molecule has 3 aromatic rings. The first-order chi connectivity index (χ1) is 14.5. The van der Waals surface area contributed by atoms with Gasteiger partial charge < -0.3 is 9.47 Å². The lowest BCUT2D eigenvalue weighted by molar-refractivity contribution is 0.0995. The number of fused-ring (bicyclic) bond motifs is 1. The van der Waals surface area contributed by atoms with Crippen LogP contribution in [-0.2, 0) is 20.2 Å². The molecule has 30 heavy (non-hydrogen) atoms. The standard InChI is InChI=1S/C20H18N4O4.C2H6/c1-23-19(25)8-7-18(22-23)24-11-13-3-5-15(9-17(13)20(24)26)28-12-14-4-6-16(27-2)10-21-14;1-2/h3-10H,11-12H2,1-2H3;1-2H3. The van der Waals surface area contributed by atoms with Gasteiger partial charge in [-0.3, -0.25) is 19.5 Å². The van der Waals surface area contributed by atoms with Gasteiger partial charge in [-0.2, -0.15) is 5.10 Å². The highest BCUT2D eigenvalue weighted by Crippen LogP contribution is 2.29. The van der Waals surface area contributed by atoms with Gasteiger partial charge in [-0.05, 0) is 35.9 Å². The number of benzene rings is 1. The summed E-state index contributed by atoms with van der Waals surface area (Å²) in [5.41, 5.74) is 1.98. The van der Waals surface area contributed by atoms with E-state index in [2.05, 4.69) is 10.1 Å². The molecule has 156 valence electrons. The second kappa shape index (κ2) is 9.21. The zero-order valence-electron chi connectivity index (χ0n) is 17.5. The van der Waals surface area contributed by atoms with Gasteiger partial charge >= 0.3 is 0 Å². The SMILES string of the molecule is CC.COc1ccc(COc2ccc3c(c2)C(=O)N(c2ccc(=O)n(C)n2)C3)nc1. The Bertz CT molecular complexity index is 1090. The lowest BCUT2D eigenvalue weighted by Crippen LogP contribution is -2.28. The first-order valence-electron chi connectivity index (χ1n) is 9.66. The summed E-state index contributed by atoms with van der Waals surface area (Å²) in [6.07, 6.45) is 1.63. The number of rotatable bonds is 5. The molecule has 0 unspecified atom stereocenters. The Balaban J connectivity index is 0.00000124. The van der Waals surface area contributed by atoms with Crippen molar-refractivity contribution >= 4 is 11.7 Å². The van der Waals surface area contributed by atoms with Crippen LogP contribution in [0.25, 0.3) is 0 Å². The minimum Gasteiger partial charge on any atom is -0.495 e. The molecule has 0 aliphatic carbocycles. The van der Waals surface area contributed by atoms with Gasteiger partial charge in [0.15, 0.2) is 5.82 Å². The highest BCUT2D eigenvalue weighted by atomic mass is 16.5. The van der Waals surface area contributed by atoms with E-state index < -0.39 is 0 Å². The van der Waals surface area contributed by atoms with E-state index in [0.29, 0.717) is 29.4 Å². The minimum absolute atomic E-state index is 0.172. The van der Waals surface area contributed by atoms with Crippen LogP contribution in [-0.4, -0.2) is 27.8 Å². The van der Waals surface area contributed by atoms with Crippen molar-refractivity contribution in [1.82, 2.24) is 14.8 Å². The first kappa shape index (κ1) is 21.0. The van der Waals surface area contributed by atoms with E-state index in [-0.39, 0.29) is 18.1 Å². The van der Waals surface area contributed by atoms with E-state index in [9.17, 15) is 9.59 Å². The van der Waals surface area contributed by atoms with Crippen molar-refractivity contribution in [3.05, 3.63) is 75.8 Å². The van der Waals surface area contributed by atoms with Crippen LogP contribution in [0.4, 0.5) is 5.82 Å². The number of carbonyl (C=O) groups excluding carboxylic acids is 1. The van der Waals surface area contributed by atoms with Crippen LogP contribution < -0.4 is 19.9 Å². The molecule has 0 bridgehead atoms. The smallest absolute Gasteiger partial charge is 0.266 e. The molecular formula is C22H24N4O4. The molecule has 0 atom stereocenters. The van der Waals surface area contributed by atoms with E-state index in [0.717, 1.165) is 11.3 Å². The van der Waals surface area contributed by atoms with Crippen molar-refractivity contribution in [1.29, 1.82) is 0 Å². The highest BCUT2D eigenvalue weighted by molar-refractivity contribution is 6.09. The third-order valence-electron chi connectivity index (χ3n) is 4.53. The normalized spacial score (nSPS) is 12.1. The monoisotopic (exact) mass is 408 g/mol. The molecule has 1 amide bonds. The number of amides is 1. The van der Waals surface area contributed by atoms with Crippen LogP contribution in [0.1, 0.15) is 35.5 Å². The van der Waals surface area contributed by atoms with Gasteiger partial charge in [0, 0.05) is 18.7 Å². The molecule has 0 spiro atoms. The third-order valence-corrected chi connectivity index (χ3v) is 4.53. The number of aromatic nitrogens is 3. The average Bonchev–Trinajstić information content (AvgIpc) is 3.12. The Morgan fingerprint density at radius 3 is 2.47 bits per heavy atom. The van der Waals surface area contributed by atoms with E-state index in [1.165, 1.54) is 10.7 Å². The molecule has 1 aliphatic rings. The Morgan fingerprint density at radius 2 is 1.80 bits per heavy atom. The lowest BCUT2D eigenvalue weighted by Gasteiger charge is -2.14. The summed E-state index contributed by atoms with van der Waals surface area (Å²) in [5, 5.41) is 4.16. The number of hydrogen-bond acceptors (Lipinski definition) is 6. The quantitative estimate of drug-likeness (QED) is 0.645. The molecule has 3 heterocycles. The second-order valence-electron chi connectivity index (χ2n) is 6.34. The number of methoxy groups -OCH3 is 1. The molecule has 2 aromatic heterocycles. The van der Waals surface area contributed by atoms with Gasteiger partial charge in [0.25, 0.3) is 11.5 Å². The van der Waals surface area contributed by atoms with Crippen molar-refractivity contribution in [2.45, 2.75) is 27.0 Å². The molecule has 0 N–H and O–H groups in total. The number of nitrogens with zero attached hydrogens (tertiary/aromatic N) is 4. The van der Waals surface area contributed by atoms with Gasteiger partial charge in [0.1, 0.15) is 18.1 Å². The van der Waals surface area contributed by atoms with Gasteiger partial charge in [0.05, 0.1) is 25.5 Å². The fraction of sp³-hybridized carbons (Fsp3) is 0.273. The zero-order valence-corrected chi connectivity index (χ0v) is 17.5. The maximum absolute atomic E-state index is 12.8. The van der Waals surface area contributed by atoms with Crippen molar-refractivity contribution in [3.8, 4) is 11.5 Å². The predicted molar refractivity (Wildman–Crippen MR) is 113 cm³/mol. The van der Waals surface area contributed by atoms with Crippen molar-refractivity contribution in [2.75, 3.05) is 12.0 Å². The van der Waals surface area contributed by atoms with E-state index in [1.807, 2.05) is 38.1 Å². The summed E-state index contributed by atoms with van der Waals surface area (Å²) in [7, 11) is 3.14. The van der Waals surface area contributed by atoms with Crippen LogP contribution in [0.5, 0.6) is 11.5 Å². The van der Waals surface area contributed by atoms with Crippen LogP contribution in [0.15, 0.2) is 53.5 Å². The molecular weight excluding hydrogens is 384 g/mol. The molecule has 0 saturated carbocycles. The van der Waals surface area contributed by atoms with E-state index >= 15 is 0 Å². The van der Waals surface area contributed by atoms with Gasteiger partial charge in [0.2, 0.25) is 0 Å². The maximum atomic E-state index is 12.8. The molecule has 4 rings (SSSR count). The molecule has 8 nitrogen and oxygen atoms in total. The van der Waals surface area contributed by atoms with Crippen molar-refractivity contribution in [3.63, 3.8) is 0 Å². The fourth-order valence-electron chi connectivity index (χ4n) is 2.96. The van der Waals surface area contributed by atoms with Crippen molar-refractivity contribution in [2.24, 2.45) is 7.05 Å². The fourth-order valence-corrected chi connectivity index (χ4v) is 2.96. The topological polar surface area (TPSA) is 86.5 Å². The number of carbonyl (C=O) groups is 1. The first-order valence-corrected chi connectivity index (χ1v) is 9.66. The summed E-state index contributed by atoms with van der Waals surface area (Å²) in [6, 6.07) is 12.0.